The number of alkyl halides is 3. The van der Waals surface area contributed by atoms with Crippen LogP contribution in [0.15, 0.2) is 41.9 Å². The van der Waals surface area contributed by atoms with Crippen molar-refractivity contribution < 1.29 is 27.5 Å². The number of hydrogen-bond acceptors (Lipinski definition) is 5. The van der Waals surface area contributed by atoms with Crippen molar-refractivity contribution in [3.05, 3.63) is 68.8 Å². The van der Waals surface area contributed by atoms with Crippen LogP contribution in [0.1, 0.15) is 26.4 Å². The molecule has 0 aliphatic heterocycles. The summed E-state index contributed by atoms with van der Waals surface area (Å²) in [5.74, 6) is -1.64. The zero-order valence-electron chi connectivity index (χ0n) is 14.5. The van der Waals surface area contributed by atoms with Gasteiger partial charge in [0.15, 0.2) is 0 Å². The number of methoxy groups -OCH3 is 1. The van der Waals surface area contributed by atoms with E-state index < -0.39 is 23.5 Å². The van der Waals surface area contributed by atoms with Crippen molar-refractivity contribution in [3.8, 4) is 0 Å². The van der Waals surface area contributed by atoms with Crippen LogP contribution >= 0.6 is 34.5 Å². The van der Waals surface area contributed by atoms with Crippen LogP contribution in [-0.2, 0) is 4.74 Å². The van der Waals surface area contributed by atoms with Crippen LogP contribution in [0.3, 0.4) is 0 Å². The molecule has 0 fully saturated rings. The van der Waals surface area contributed by atoms with Crippen molar-refractivity contribution in [1.29, 1.82) is 0 Å². The minimum Gasteiger partial charge on any atom is -0.465 e. The number of ketones is 1. The monoisotopic (exact) mass is 459 g/mol. The summed E-state index contributed by atoms with van der Waals surface area (Å²) in [6, 6.07) is 4.91. The number of carbonyl (C=O) groups is 2. The number of ether oxygens (including phenoxy) is 1. The average molecular weight is 460 g/mol. The van der Waals surface area contributed by atoms with Gasteiger partial charge in [0.25, 0.3) is 0 Å². The van der Waals surface area contributed by atoms with E-state index in [0.29, 0.717) is 10.8 Å². The Labute approximate surface area is 176 Å². The summed E-state index contributed by atoms with van der Waals surface area (Å²) in [6.45, 7) is 0. The molecule has 0 spiro atoms. The van der Waals surface area contributed by atoms with Crippen LogP contribution in [0.25, 0.3) is 15.7 Å². The molecule has 0 amide bonds. The Kier molecular flexibility index (Phi) is 5.97. The molecule has 1 aromatic carbocycles. The van der Waals surface area contributed by atoms with Crippen molar-refractivity contribution >= 4 is 62.0 Å². The highest BCUT2D eigenvalue weighted by Crippen LogP contribution is 2.37. The molecule has 0 unspecified atom stereocenters. The maximum Gasteiger partial charge on any atom is 0.417 e. The van der Waals surface area contributed by atoms with Crippen LogP contribution in [-0.4, -0.2) is 30.0 Å². The van der Waals surface area contributed by atoms with E-state index in [4.69, 9.17) is 23.2 Å². The predicted molar refractivity (Wildman–Crippen MR) is 106 cm³/mol. The van der Waals surface area contributed by atoms with Gasteiger partial charge in [-0.05, 0) is 35.2 Å². The zero-order valence-corrected chi connectivity index (χ0v) is 16.8. The number of hydrogen-bond donors (Lipinski definition) is 0. The Morgan fingerprint density at radius 3 is 2.41 bits per heavy atom. The van der Waals surface area contributed by atoms with Crippen LogP contribution in [0.4, 0.5) is 13.2 Å². The molecule has 0 bridgehead atoms. The SMILES string of the molecule is COC(=O)c1cnc(C(=O)/C=C(/c2cc(Cl)cc(Cl)c2)C(F)(F)F)c2ccsc12. The van der Waals surface area contributed by atoms with Gasteiger partial charge in [-0.15, -0.1) is 11.3 Å². The number of fused-ring (bicyclic) bond motifs is 1. The van der Waals surface area contributed by atoms with E-state index in [1.54, 1.807) is 5.38 Å². The quantitative estimate of drug-likeness (QED) is 0.264. The summed E-state index contributed by atoms with van der Waals surface area (Å²) in [5.41, 5.74) is -1.66. The largest absolute Gasteiger partial charge is 0.465 e. The topological polar surface area (TPSA) is 56.3 Å². The number of carbonyl (C=O) groups excluding carboxylic acids is 2. The van der Waals surface area contributed by atoms with Gasteiger partial charge in [0, 0.05) is 27.7 Å². The first-order valence-electron chi connectivity index (χ1n) is 7.86. The highest BCUT2D eigenvalue weighted by molar-refractivity contribution is 7.17. The van der Waals surface area contributed by atoms with Crippen molar-refractivity contribution in [2.24, 2.45) is 0 Å². The molecule has 3 aromatic rings. The minimum atomic E-state index is -4.84. The number of nitrogens with zero attached hydrogens (tertiary/aromatic N) is 1. The Balaban J connectivity index is 2.14. The number of halogens is 5. The average Bonchev–Trinajstić information content (AvgIpc) is 3.12. The third-order valence-corrected chi connectivity index (χ3v) is 5.26. The molecule has 0 saturated heterocycles. The fourth-order valence-electron chi connectivity index (χ4n) is 2.65. The first-order chi connectivity index (χ1) is 13.6. The van der Waals surface area contributed by atoms with E-state index in [0.717, 1.165) is 29.7 Å². The van der Waals surface area contributed by atoms with Gasteiger partial charge in [-0.3, -0.25) is 9.78 Å². The van der Waals surface area contributed by atoms with Crippen molar-refractivity contribution in [2.75, 3.05) is 7.11 Å². The lowest BCUT2D eigenvalue weighted by atomic mass is 10.0. The Hall–Kier alpha value is -2.42. The second kappa shape index (κ2) is 8.14. The molecule has 0 radical (unpaired) electrons. The number of benzene rings is 1. The van der Waals surface area contributed by atoms with Gasteiger partial charge in [-0.25, -0.2) is 4.79 Å². The van der Waals surface area contributed by atoms with Crippen molar-refractivity contribution in [3.63, 3.8) is 0 Å². The van der Waals surface area contributed by atoms with E-state index in [2.05, 4.69) is 9.72 Å². The highest BCUT2D eigenvalue weighted by Gasteiger charge is 2.36. The predicted octanol–water partition coefficient (Wildman–Crippen LogP) is 6.22. The summed E-state index contributed by atoms with van der Waals surface area (Å²) in [4.78, 5) is 28.4. The molecule has 0 atom stereocenters. The van der Waals surface area contributed by atoms with Gasteiger partial charge in [0.05, 0.1) is 22.9 Å². The van der Waals surface area contributed by atoms with Crippen LogP contribution in [0.5, 0.6) is 0 Å². The molecule has 2 heterocycles. The zero-order chi connectivity index (χ0) is 21.3. The van der Waals surface area contributed by atoms with Gasteiger partial charge >= 0.3 is 12.1 Å². The molecule has 29 heavy (non-hydrogen) atoms. The first kappa shape index (κ1) is 21.3. The molecule has 0 saturated carbocycles. The van der Waals surface area contributed by atoms with Gasteiger partial charge in [0.1, 0.15) is 5.69 Å². The van der Waals surface area contributed by atoms with Gasteiger partial charge in [0.2, 0.25) is 5.78 Å². The third-order valence-electron chi connectivity index (χ3n) is 3.88. The smallest absolute Gasteiger partial charge is 0.417 e. The highest BCUT2D eigenvalue weighted by atomic mass is 35.5. The Bertz CT molecular complexity index is 1140. The lowest BCUT2D eigenvalue weighted by Crippen LogP contribution is -2.14. The maximum absolute atomic E-state index is 13.6. The molecular weight excluding hydrogens is 450 g/mol. The number of pyridine rings is 1. The number of allylic oxidation sites excluding steroid dienone is 2. The van der Waals surface area contributed by atoms with Crippen molar-refractivity contribution in [1.82, 2.24) is 4.98 Å². The summed E-state index contributed by atoms with van der Waals surface area (Å²) in [5, 5.41) is 1.84. The van der Waals surface area contributed by atoms with Crippen LogP contribution in [0, 0.1) is 0 Å². The fourth-order valence-corrected chi connectivity index (χ4v) is 4.07. The van der Waals surface area contributed by atoms with Crippen LogP contribution in [0.2, 0.25) is 10.0 Å². The van der Waals surface area contributed by atoms with E-state index in [9.17, 15) is 22.8 Å². The summed E-state index contributed by atoms with van der Waals surface area (Å²) in [7, 11) is 1.19. The summed E-state index contributed by atoms with van der Waals surface area (Å²) < 4.78 is 45.9. The Morgan fingerprint density at radius 2 is 1.83 bits per heavy atom. The molecule has 0 aliphatic rings. The van der Waals surface area contributed by atoms with E-state index in [1.165, 1.54) is 19.2 Å². The molecule has 150 valence electrons. The summed E-state index contributed by atoms with van der Waals surface area (Å²) in [6.07, 6.45) is -3.29. The second-order valence-electron chi connectivity index (χ2n) is 5.75. The van der Waals surface area contributed by atoms with Gasteiger partial charge in [-0.1, -0.05) is 23.2 Å². The van der Waals surface area contributed by atoms with E-state index in [1.807, 2.05) is 0 Å². The fraction of sp³-hybridized carbons (Fsp3) is 0.105. The van der Waals surface area contributed by atoms with Crippen molar-refractivity contribution in [2.45, 2.75) is 6.18 Å². The van der Waals surface area contributed by atoms with E-state index >= 15 is 0 Å². The molecular formula is C19H10Cl2F3NO3S. The summed E-state index contributed by atoms with van der Waals surface area (Å²) >= 11 is 12.7. The molecule has 3 rings (SSSR count). The molecule has 0 N–H and O–H groups in total. The maximum atomic E-state index is 13.6. The molecule has 10 heteroatoms. The second-order valence-corrected chi connectivity index (χ2v) is 7.54. The first-order valence-corrected chi connectivity index (χ1v) is 9.49. The molecule has 0 aliphatic carbocycles. The lowest BCUT2D eigenvalue weighted by Gasteiger charge is -2.13. The lowest BCUT2D eigenvalue weighted by molar-refractivity contribution is -0.0689. The molecule has 2 aromatic heterocycles. The molecule has 4 nitrogen and oxygen atoms in total. The van der Waals surface area contributed by atoms with Gasteiger partial charge in [-0.2, -0.15) is 13.2 Å². The number of esters is 1. The Morgan fingerprint density at radius 1 is 1.17 bits per heavy atom. The standard InChI is InChI=1S/C19H10Cl2F3NO3S/c1-28-18(27)13-8-25-16(12-2-3-29-17(12)13)15(26)7-14(19(22,23)24)9-4-10(20)6-11(21)5-9/h2-8H,1H3/b14-7-. The van der Waals surface area contributed by atoms with E-state index in [-0.39, 0.29) is 32.3 Å². The third kappa shape index (κ3) is 4.44. The number of rotatable bonds is 4. The van der Waals surface area contributed by atoms with Crippen LogP contribution < -0.4 is 0 Å². The minimum absolute atomic E-state index is 0.00381. The van der Waals surface area contributed by atoms with Gasteiger partial charge < -0.3 is 4.74 Å². The normalized spacial score (nSPS) is 12.3. The number of aromatic nitrogens is 1. The number of thiophene rings is 1.